The van der Waals surface area contributed by atoms with Crippen molar-refractivity contribution in [2.75, 3.05) is 0 Å². The first-order valence-corrected chi connectivity index (χ1v) is 6.98. The molecule has 0 aliphatic heterocycles. The van der Waals surface area contributed by atoms with Crippen LogP contribution in [-0.2, 0) is 0 Å². The minimum absolute atomic E-state index is 0.0278. The van der Waals surface area contributed by atoms with Gasteiger partial charge in [-0.3, -0.25) is 0 Å². The van der Waals surface area contributed by atoms with Gasteiger partial charge in [0.15, 0.2) is 0 Å². The molecular formula is C10H7Cl5. The second kappa shape index (κ2) is 2.47. The molecule has 0 saturated heterocycles. The van der Waals surface area contributed by atoms with Crippen molar-refractivity contribution in [3.8, 4) is 0 Å². The van der Waals surface area contributed by atoms with Crippen molar-refractivity contribution in [2.24, 2.45) is 23.7 Å². The van der Waals surface area contributed by atoms with Crippen molar-refractivity contribution in [3.05, 3.63) is 10.1 Å². The first-order valence-electron chi connectivity index (χ1n) is 5.03. The number of rotatable bonds is 0. The number of hydrogen-bond acceptors (Lipinski definition) is 0. The molecule has 3 saturated carbocycles. The molecule has 0 aromatic rings. The summed E-state index contributed by atoms with van der Waals surface area (Å²) >= 11 is 32.2. The van der Waals surface area contributed by atoms with Gasteiger partial charge in [-0.05, 0) is 12.3 Å². The van der Waals surface area contributed by atoms with E-state index in [4.69, 9.17) is 58.0 Å². The first kappa shape index (κ1) is 10.1. The molecule has 2 bridgehead atoms. The van der Waals surface area contributed by atoms with Crippen LogP contribution in [0.1, 0.15) is 6.42 Å². The van der Waals surface area contributed by atoms with E-state index in [1.165, 1.54) is 0 Å². The Hall–Kier alpha value is 1.19. The van der Waals surface area contributed by atoms with Crippen molar-refractivity contribution in [1.29, 1.82) is 0 Å². The lowest BCUT2D eigenvalue weighted by atomic mass is 9.54. The van der Waals surface area contributed by atoms with E-state index in [1.54, 1.807) is 0 Å². The Morgan fingerprint density at radius 2 is 1.67 bits per heavy atom. The fourth-order valence-electron chi connectivity index (χ4n) is 4.51. The largest absolute Gasteiger partial charge is 0.122 e. The van der Waals surface area contributed by atoms with Gasteiger partial charge in [0.2, 0.25) is 0 Å². The van der Waals surface area contributed by atoms with Crippen LogP contribution in [0.25, 0.3) is 0 Å². The molecule has 0 spiro atoms. The third kappa shape index (κ3) is 0.706. The quantitative estimate of drug-likeness (QED) is 0.590. The molecule has 82 valence electrons. The van der Waals surface area contributed by atoms with Gasteiger partial charge in [-0.25, -0.2) is 0 Å². The van der Waals surface area contributed by atoms with Crippen LogP contribution in [0.5, 0.6) is 0 Å². The molecule has 0 N–H and O–H groups in total. The van der Waals surface area contributed by atoms with Crippen LogP contribution < -0.4 is 0 Å². The van der Waals surface area contributed by atoms with Crippen LogP contribution in [0.15, 0.2) is 10.1 Å². The van der Waals surface area contributed by atoms with E-state index < -0.39 is 9.75 Å². The molecule has 0 nitrogen and oxygen atoms in total. The maximum Gasteiger partial charge on any atom is 0.0909 e. The third-order valence-electron chi connectivity index (χ3n) is 4.94. The number of alkyl halides is 3. The minimum Gasteiger partial charge on any atom is -0.122 e. The van der Waals surface area contributed by atoms with Crippen LogP contribution in [0.4, 0.5) is 0 Å². The van der Waals surface area contributed by atoms with Gasteiger partial charge < -0.3 is 0 Å². The van der Waals surface area contributed by atoms with Crippen LogP contribution in [0, 0.1) is 23.7 Å². The van der Waals surface area contributed by atoms with Gasteiger partial charge in [-0.15, -0.1) is 34.8 Å². The molecule has 7 atom stereocenters. The molecule has 0 amide bonds. The second-order valence-corrected chi connectivity index (χ2v) is 7.63. The van der Waals surface area contributed by atoms with Gasteiger partial charge in [0.25, 0.3) is 0 Å². The number of allylic oxidation sites excluding steroid dienone is 2. The predicted molar refractivity (Wildman–Crippen MR) is 64.1 cm³/mol. The second-order valence-electron chi connectivity index (χ2n) is 5.12. The highest BCUT2D eigenvalue weighted by molar-refractivity contribution is 6.52. The summed E-state index contributed by atoms with van der Waals surface area (Å²) < 4.78 is 0. The molecule has 0 aromatic heterocycles. The Morgan fingerprint density at radius 3 is 2.27 bits per heavy atom. The lowest BCUT2D eigenvalue weighted by molar-refractivity contribution is 0.0404. The third-order valence-corrected chi connectivity index (χ3v) is 8.19. The molecule has 4 aliphatic rings. The Bertz CT molecular complexity index is 414. The summed E-state index contributed by atoms with van der Waals surface area (Å²) in [6.45, 7) is 0. The van der Waals surface area contributed by atoms with E-state index >= 15 is 0 Å². The Balaban J connectivity index is 2.03. The van der Waals surface area contributed by atoms with Crippen LogP contribution in [-0.4, -0.2) is 15.1 Å². The molecule has 15 heavy (non-hydrogen) atoms. The summed E-state index contributed by atoms with van der Waals surface area (Å²) in [5, 5.41) is 1.14. The molecule has 0 radical (unpaired) electrons. The Labute approximate surface area is 113 Å². The van der Waals surface area contributed by atoms with E-state index in [-0.39, 0.29) is 23.1 Å². The molecule has 5 heteroatoms. The van der Waals surface area contributed by atoms with E-state index in [0.717, 1.165) is 6.42 Å². The maximum atomic E-state index is 6.67. The highest BCUT2D eigenvalue weighted by Gasteiger charge is 2.86. The Morgan fingerprint density at radius 1 is 1.07 bits per heavy atom. The normalized spacial score (nSPS) is 69.0. The number of fused-ring (bicyclic) bond motifs is 3. The van der Waals surface area contributed by atoms with E-state index in [2.05, 4.69) is 0 Å². The minimum atomic E-state index is -0.563. The summed E-state index contributed by atoms with van der Waals surface area (Å²) in [6.07, 6.45) is 1.06. The molecule has 4 aliphatic carbocycles. The van der Waals surface area contributed by atoms with Crippen molar-refractivity contribution >= 4 is 58.0 Å². The van der Waals surface area contributed by atoms with Crippen LogP contribution in [0.3, 0.4) is 0 Å². The SMILES string of the molecule is ClC1=C(Cl)C2(Cl)C3C(Cl)C4CC3C2C14Cl. The smallest absolute Gasteiger partial charge is 0.0909 e. The van der Waals surface area contributed by atoms with Gasteiger partial charge in [0, 0.05) is 23.1 Å². The van der Waals surface area contributed by atoms with Gasteiger partial charge in [0.05, 0.1) is 19.8 Å². The van der Waals surface area contributed by atoms with Crippen LogP contribution >= 0.6 is 58.0 Å². The molecule has 3 fully saturated rings. The molecule has 7 unspecified atom stereocenters. The maximum absolute atomic E-state index is 6.67. The fourth-order valence-corrected chi connectivity index (χ4v) is 7.67. The summed E-state index contributed by atoms with van der Waals surface area (Å²) in [4.78, 5) is -1.11. The first-order chi connectivity index (χ1) is 6.95. The lowest BCUT2D eigenvalue weighted by Crippen LogP contribution is -2.66. The average Bonchev–Trinajstić information content (AvgIpc) is 2.64. The monoisotopic (exact) mass is 302 g/mol. The number of hydrogen-bond donors (Lipinski definition) is 0. The summed E-state index contributed by atoms with van der Waals surface area (Å²) in [7, 11) is 0. The fraction of sp³-hybridized carbons (Fsp3) is 0.800. The van der Waals surface area contributed by atoms with Gasteiger partial charge >= 0.3 is 0 Å². The molecule has 4 rings (SSSR count). The average molecular weight is 304 g/mol. The van der Waals surface area contributed by atoms with Crippen molar-refractivity contribution in [3.63, 3.8) is 0 Å². The van der Waals surface area contributed by atoms with Gasteiger partial charge in [-0.1, -0.05) is 23.2 Å². The van der Waals surface area contributed by atoms with Crippen molar-refractivity contribution in [2.45, 2.75) is 21.5 Å². The highest BCUT2D eigenvalue weighted by Crippen LogP contribution is 2.84. The van der Waals surface area contributed by atoms with Crippen molar-refractivity contribution in [1.82, 2.24) is 0 Å². The van der Waals surface area contributed by atoms with Gasteiger partial charge in [-0.2, -0.15) is 0 Å². The molecular weight excluding hydrogens is 297 g/mol. The molecule has 0 aromatic carbocycles. The summed E-state index contributed by atoms with van der Waals surface area (Å²) in [5.74, 6) is 1.25. The van der Waals surface area contributed by atoms with E-state index in [1.807, 2.05) is 0 Å². The lowest BCUT2D eigenvalue weighted by Gasteiger charge is -2.59. The zero-order chi connectivity index (χ0) is 10.7. The predicted octanol–water partition coefficient (Wildman–Crippen LogP) is 4.15. The van der Waals surface area contributed by atoms with Crippen LogP contribution in [0.2, 0.25) is 0 Å². The van der Waals surface area contributed by atoms with Crippen molar-refractivity contribution < 1.29 is 0 Å². The van der Waals surface area contributed by atoms with E-state index in [9.17, 15) is 0 Å². The zero-order valence-electron chi connectivity index (χ0n) is 7.48. The molecule has 0 heterocycles. The van der Waals surface area contributed by atoms with E-state index in [0.29, 0.717) is 16.0 Å². The topological polar surface area (TPSA) is 0 Å². The summed E-state index contributed by atoms with van der Waals surface area (Å²) in [6, 6.07) is 0. The Kier molecular flexibility index (Phi) is 1.67. The van der Waals surface area contributed by atoms with Gasteiger partial charge in [0.1, 0.15) is 0 Å². The zero-order valence-corrected chi connectivity index (χ0v) is 11.3. The number of halogens is 5. The highest BCUT2D eigenvalue weighted by atomic mass is 35.5. The summed E-state index contributed by atoms with van der Waals surface area (Å²) in [5.41, 5.74) is 0. The standard InChI is InChI=1S/C10H7Cl5/c11-5-3-1-2-4(5)10(15)6(2)9(3,14)7(12)8(10)13/h2-6H,1H2.